The minimum atomic E-state index is -0.836. The van der Waals surface area contributed by atoms with Crippen molar-refractivity contribution in [3.8, 4) is 0 Å². The predicted molar refractivity (Wildman–Crippen MR) is 98.7 cm³/mol. The summed E-state index contributed by atoms with van der Waals surface area (Å²) in [5.41, 5.74) is 0. The van der Waals surface area contributed by atoms with Crippen molar-refractivity contribution in [3.05, 3.63) is 0 Å². The van der Waals surface area contributed by atoms with E-state index in [0.29, 0.717) is 0 Å². The Morgan fingerprint density at radius 2 is 0.783 bits per heavy atom. The van der Waals surface area contributed by atoms with Crippen LogP contribution in [-0.4, -0.2) is 27.3 Å². The van der Waals surface area contributed by atoms with Crippen molar-refractivity contribution >= 4 is 0 Å². The van der Waals surface area contributed by atoms with Crippen LogP contribution < -0.4 is 0 Å². The van der Waals surface area contributed by atoms with Crippen molar-refractivity contribution in [2.45, 2.75) is 109 Å². The maximum atomic E-state index is 5.31. The fourth-order valence-electron chi connectivity index (χ4n) is 3.09. The van der Waals surface area contributed by atoms with Crippen LogP contribution in [0, 0.1) is 0 Å². The van der Waals surface area contributed by atoms with Crippen LogP contribution in [0.2, 0.25) is 0 Å². The van der Waals surface area contributed by atoms with E-state index in [1.54, 1.807) is 21.3 Å². The van der Waals surface area contributed by atoms with E-state index in [4.69, 9.17) is 14.2 Å². The highest BCUT2D eigenvalue weighted by Gasteiger charge is 2.28. The third kappa shape index (κ3) is 12.9. The predicted octanol–water partition coefficient (Wildman–Crippen LogP) is 6.45. The van der Waals surface area contributed by atoms with Gasteiger partial charge in [-0.15, -0.1) is 0 Å². The zero-order valence-corrected chi connectivity index (χ0v) is 16.3. The smallest absolute Gasteiger partial charge is 0.282 e. The van der Waals surface area contributed by atoms with E-state index in [2.05, 4.69) is 6.92 Å². The molecule has 3 heteroatoms. The van der Waals surface area contributed by atoms with Crippen LogP contribution >= 0.6 is 0 Å². The van der Waals surface area contributed by atoms with Gasteiger partial charge < -0.3 is 14.2 Å². The Morgan fingerprint density at radius 3 is 1.09 bits per heavy atom. The van der Waals surface area contributed by atoms with Crippen LogP contribution in [0.1, 0.15) is 103 Å². The van der Waals surface area contributed by atoms with Gasteiger partial charge in [0, 0.05) is 27.8 Å². The first-order chi connectivity index (χ1) is 11.2. The second kappa shape index (κ2) is 16.7. The first-order valence-corrected chi connectivity index (χ1v) is 9.90. The third-order valence-electron chi connectivity index (χ3n) is 4.77. The number of methoxy groups -OCH3 is 3. The maximum absolute atomic E-state index is 5.31. The molecule has 0 unspecified atom stereocenters. The summed E-state index contributed by atoms with van der Waals surface area (Å²) in [6.45, 7) is 2.28. The maximum Gasteiger partial charge on any atom is 0.282 e. The molecule has 3 nitrogen and oxygen atoms in total. The number of unbranched alkanes of at least 4 members (excludes halogenated alkanes) is 13. The highest BCUT2D eigenvalue weighted by molar-refractivity contribution is 4.57. The molecule has 0 amide bonds. The lowest BCUT2D eigenvalue weighted by Gasteiger charge is -2.28. The van der Waals surface area contributed by atoms with Gasteiger partial charge in [0.15, 0.2) is 0 Å². The lowest BCUT2D eigenvalue weighted by molar-refractivity contribution is -0.355. The number of rotatable bonds is 18. The summed E-state index contributed by atoms with van der Waals surface area (Å²) in [6, 6.07) is 0. The largest absolute Gasteiger partial charge is 0.331 e. The zero-order chi connectivity index (χ0) is 17.2. The number of hydrogen-bond donors (Lipinski definition) is 0. The molecule has 0 heterocycles. The Bertz CT molecular complexity index is 219. The van der Waals surface area contributed by atoms with Crippen molar-refractivity contribution in [2.24, 2.45) is 0 Å². The van der Waals surface area contributed by atoms with E-state index in [9.17, 15) is 0 Å². The average molecular weight is 331 g/mol. The van der Waals surface area contributed by atoms with Gasteiger partial charge in [-0.05, 0) is 6.42 Å². The van der Waals surface area contributed by atoms with Crippen LogP contribution in [0.4, 0.5) is 0 Å². The van der Waals surface area contributed by atoms with Crippen molar-refractivity contribution < 1.29 is 14.2 Å². The molecule has 0 N–H and O–H groups in total. The minimum Gasteiger partial charge on any atom is -0.331 e. The van der Waals surface area contributed by atoms with Crippen molar-refractivity contribution in [2.75, 3.05) is 21.3 Å². The van der Waals surface area contributed by atoms with Crippen LogP contribution in [0.3, 0.4) is 0 Å². The van der Waals surface area contributed by atoms with Gasteiger partial charge in [-0.3, -0.25) is 0 Å². The molecule has 0 saturated carbocycles. The Morgan fingerprint density at radius 1 is 0.478 bits per heavy atom. The van der Waals surface area contributed by atoms with Crippen LogP contribution in [0.5, 0.6) is 0 Å². The molecule has 0 bridgehead atoms. The van der Waals surface area contributed by atoms with Gasteiger partial charge in [-0.1, -0.05) is 90.4 Å². The number of ether oxygens (including phenoxy) is 3. The van der Waals surface area contributed by atoms with Gasteiger partial charge in [0.25, 0.3) is 5.97 Å². The van der Waals surface area contributed by atoms with E-state index >= 15 is 0 Å². The quantitative estimate of drug-likeness (QED) is 0.213. The molecule has 140 valence electrons. The van der Waals surface area contributed by atoms with Crippen LogP contribution in [-0.2, 0) is 14.2 Å². The van der Waals surface area contributed by atoms with Crippen LogP contribution in [0.25, 0.3) is 0 Å². The molecular weight excluding hydrogens is 288 g/mol. The molecule has 0 aliphatic heterocycles. The molecule has 0 saturated heterocycles. The molecule has 0 aromatic rings. The van der Waals surface area contributed by atoms with Crippen LogP contribution in [0.15, 0.2) is 0 Å². The van der Waals surface area contributed by atoms with Gasteiger partial charge in [0.05, 0.1) is 0 Å². The fraction of sp³-hybridized carbons (Fsp3) is 1.00. The van der Waals surface area contributed by atoms with E-state index in [-0.39, 0.29) is 0 Å². The van der Waals surface area contributed by atoms with Gasteiger partial charge >= 0.3 is 0 Å². The highest BCUT2D eigenvalue weighted by atomic mass is 16.9. The molecule has 0 aromatic heterocycles. The third-order valence-corrected chi connectivity index (χ3v) is 4.77. The molecule has 0 rings (SSSR count). The molecule has 0 aromatic carbocycles. The summed E-state index contributed by atoms with van der Waals surface area (Å²) in [5, 5.41) is 0. The SMILES string of the molecule is CCCCCCCCCCCCCCCCC(OC)(OC)OC. The van der Waals surface area contributed by atoms with Gasteiger partial charge in [-0.25, -0.2) is 0 Å². The second-order valence-electron chi connectivity index (χ2n) is 6.64. The first kappa shape index (κ1) is 22.9. The Balaban J connectivity index is 3.25. The standard InChI is InChI=1S/C20H42O3/c1-5-6-7-8-9-10-11-12-13-14-15-16-17-18-19-20(21-2,22-3)23-4/h5-19H2,1-4H3. The van der Waals surface area contributed by atoms with E-state index in [1.165, 1.54) is 83.5 Å². The van der Waals surface area contributed by atoms with Crippen molar-refractivity contribution in [1.82, 2.24) is 0 Å². The lowest BCUT2D eigenvalue weighted by atomic mass is 10.0. The molecular formula is C20H42O3. The van der Waals surface area contributed by atoms with Gasteiger partial charge in [0.1, 0.15) is 0 Å². The molecule has 0 aliphatic rings. The average Bonchev–Trinajstić information content (AvgIpc) is 2.59. The molecule has 0 atom stereocenters. The van der Waals surface area contributed by atoms with Crippen molar-refractivity contribution in [3.63, 3.8) is 0 Å². The number of hydrogen-bond acceptors (Lipinski definition) is 3. The summed E-state index contributed by atoms with van der Waals surface area (Å²) in [7, 11) is 4.91. The lowest BCUT2D eigenvalue weighted by Crippen LogP contribution is -2.35. The molecule has 0 aliphatic carbocycles. The zero-order valence-electron chi connectivity index (χ0n) is 16.3. The fourth-order valence-corrected chi connectivity index (χ4v) is 3.09. The van der Waals surface area contributed by atoms with E-state index < -0.39 is 5.97 Å². The summed E-state index contributed by atoms with van der Waals surface area (Å²) < 4.78 is 15.9. The summed E-state index contributed by atoms with van der Waals surface area (Å²) in [4.78, 5) is 0. The Hall–Kier alpha value is -0.120. The monoisotopic (exact) mass is 330 g/mol. The summed E-state index contributed by atoms with van der Waals surface area (Å²) >= 11 is 0. The van der Waals surface area contributed by atoms with E-state index in [0.717, 1.165) is 12.8 Å². The van der Waals surface area contributed by atoms with E-state index in [1.807, 2.05) is 0 Å². The Kier molecular flexibility index (Phi) is 16.6. The van der Waals surface area contributed by atoms with Gasteiger partial charge in [-0.2, -0.15) is 0 Å². The molecule has 23 heavy (non-hydrogen) atoms. The summed E-state index contributed by atoms with van der Waals surface area (Å²) in [6.07, 6.45) is 20.0. The molecule has 0 radical (unpaired) electrons. The topological polar surface area (TPSA) is 27.7 Å². The molecule has 0 fully saturated rings. The van der Waals surface area contributed by atoms with Gasteiger partial charge in [0.2, 0.25) is 0 Å². The second-order valence-corrected chi connectivity index (χ2v) is 6.64. The normalized spacial score (nSPS) is 12.0. The Labute approximate surface area is 145 Å². The molecule has 0 spiro atoms. The summed E-state index contributed by atoms with van der Waals surface area (Å²) in [5.74, 6) is -0.836. The first-order valence-electron chi connectivity index (χ1n) is 9.90. The van der Waals surface area contributed by atoms with Crippen molar-refractivity contribution in [1.29, 1.82) is 0 Å². The highest BCUT2D eigenvalue weighted by Crippen LogP contribution is 2.21. The minimum absolute atomic E-state index is 0.800.